The minimum Gasteiger partial charge on any atom is -0.332 e. The van der Waals surface area contributed by atoms with Crippen molar-refractivity contribution in [2.24, 2.45) is 4.99 Å². The number of aliphatic imine (C=N–C) groups is 1. The van der Waals surface area contributed by atoms with Crippen LogP contribution in [0.4, 0.5) is 5.82 Å². The van der Waals surface area contributed by atoms with Crippen LogP contribution in [-0.4, -0.2) is 10.9 Å². The zero-order valence-electron chi connectivity index (χ0n) is 9.39. The minimum absolute atomic E-state index is 0.295. The number of hydrogen-bond donors (Lipinski definition) is 1. The molecule has 1 aliphatic heterocycles. The molecular formula is C13H12ClN3. The van der Waals surface area contributed by atoms with E-state index >= 15 is 0 Å². The van der Waals surface area contributed by atoms with Crippen LogP contribution in [0.1, 0.15) is 16.6 Å². The lowest BCUT2D eigenvalue weighted by Crippen LogP contribution is -2.10. The number of nitrogens with zero attached hydrogens (tertiary/aromatic N) is 2. The third-order valence-corrected chi connectivity index (χ3v) is 3.25. The fourth-order valence-electron chi connectivity index (χ4n) is 2.12. The average molecular weight is 246 g/mol. The molecule has 4 heteroatoms. The van der Waals surface area contributed by atoms with Gasteiger partial charge < -0.3 is 9.88 Å². The molecule has 0 fully saturated rings. The van der Waals surface area contributed by atoms with Gasteiger partial charge in [0.15, 0.2) is 5.50 Å². The molecule has 0 aliphatic carbocycles. The molecule has 86 valence electrons. The molecule has 1 aromatic carbocycles. The number of aromatic nitrogens is 1. The summed E-state index contributed by atoms with van der Waals surface area (Å²) in [6, 6.07) is 10.2. The monoisotopic (exact) mass is 245 g/mol. The van der Waals surface area contributed by atoms with Crippen LogP contribution in [0, 0.1) is 6.92 Å². The van der Waals surface area contributed by atoms with Crippen molar-refractivity contribution in [2.45, 2.75) is 12.4 Å². The van der Waals surface area contributed by atoms with Gasteiger partial charge in [-0.15, -0.1) is 0 Å². The summed E-state index contributed by atoms with van der Waals surface area (Å²) in [5, 5.41) is 3.17. The smallest absolute Gasteiger partial charge is 0.154 e. The zero-order valence-corrected chi connectivity index (χ0v) is 10.1. The predicted octanol–water partition coefficient (Wildman–Crippen LogP) is 3.48. The van der Waals surface area contributed by atoms with Crippen molar-refractivity contribution < 1.29 is 0 Å². The average Bonchev–Trinajstić information content (AvgIpc) is 2.69. The highest BCUT2D eigenvalue weighted by molar-refractivity contribution is 6.22. The molecule has 1 atom stereocenters. The molecular weight excluding hydrogens is 234 g/mol. The van der Waals surface area contributed by atoms with E-state index in [1.165, 1.54) is 0 Å². The van der Waals surface area contributed by atoms with Gasteiger partial charge in [0.2, 0.25) is 0 Å². The predicted molar refractivity (Wildman–Crippen MR) is 71.2 cm³/mol. The number of fused-ring (bicyclic) bond motifs is 1. The van der Waals surface area contributed by atoms with Crippen molar-refractivity contribution in [3.63, 3.8) is 0 Å². The van der Waals surface area contributed by atoms with Crippen LogP contribution in [0.15, 0.2) is 41.5 Å². The van der Waals surface area contributed by atoms with Crippen LogP contribution in [0.25, 0.3) is 5.69 Å². The second-order valence-corrected chi connectivity index (χ2v) is 4.45. The number of benzene rings is 1. The van der Waals surface area contributed by atoms with Gasteiger partial charge in [-0.1, -0.05) is 29.8 Å². The molecule has 2 heterocycles. The first-order valence-corrected chi connectivity index (χ1v) is 5.90. The molecule has 0 amide bonds. The van der Waals surface area contributed by atoms with E-state index in [2.05, 4.69) is 40.1 Å². The van der Waals surface area contributed by atoms with Crippen molar-refractivity contribution in [3.05, 3.63) is 47.7 Å². The maximum Gasteiger partial charge on any atom is 0.154 e. The van der Waals surface area contributed by atoms with E-state index in [9.17, 15) is 0 Å². The van der Waals surface area contributed by atoms with E-state index < -0.39 is 0 Å². The quantitative estimate of drug-likeness (QED) is 0.605. The standard InChI is InChI=1S/C13H12ClN3/c1-9-7-17(10-5-3-2-4-6-10)13-11(9)12(14)15-8-16-13/h2-8,12H,1H3,(H,15,16). The lowest BCUT2D eigenvalue weighted by Gasteiger charge is -2.16. The second kappa shape index (κ2) is 3.93. The summed E-state index contributed by atoms with van der Waals surface area (Å²) < 4.78 is 2.10. The van der Waals surface area contributed by atoms with Crippen LogP contribution in [0.2, 0.25) is 0 Å². The summed E-state index contributed by atoms with van der Waals surface area (Å²) in [4.78, 5) is 4.16. The highest BCUT2D eigenvalue weighted by Crippen LogP contribution is 2.36. The van der Waals surface area contributed by atoms with Gasteiger partial charge in [0.25, 0.3) is 0 Å². The SMILES string of the molecule is Cc1cn(-c2ccccc2)c2c1C(Cl)N=CN2. The van der Waals surface area contributed by atoms with E-state index in [1.807, 2.05) is 18.2 Å². The molecule has 1 aromatic heterocycles. The number of halogens is 1. The lowest BCUT2D eigenvalue weighted by molar-refractivity contribution is 0.985. The molecule has 1 unspecified atom stereocenters. The molecule has 0 saturated carbocycles. The van der Waals surface area contributed by atoms with Crippen molar-refractivity contribution in [1.82, 2.24) is 4.57 Å². The Morgan fingerprint density at radius 1 is 1.29 bits per heavy atom. The summed E-state index contributed by atoms with van der Waals surface area (Å²) >= 11 is 6.20. The second-order valence-electron chi connectivity index (χ2n) is 4.04. The van der Waals surface area contributed by atoms with Gasteiger partial charge in [-0.05, 0) is 24.6 Å². The fourth-order valence-corrected chi connectivity index (χ4v) is 2.45. The molecule has 0 bridgehead atoms. The van der Waals surface area contributed by atoms with Gasteiger partial charge in [-0.25, -0.2) is 0 Å². The Bertz CT molecular complexity index is 572. The van der Waals surface area contributed by atoms with Crippen molar-refractivity contribution in [2.75, 3.05) is 5.32 Å². The van der Waals surface area contributed by atoms with Crippen molar-refractivity contribution >= 4 is 23.8 Å². The number of alkyl halides is 1. The summed E-state index contributed by atoms with van der Waals surface area (Å²) in [6.45, 7) is 2.05. The highest BCUT2D eigenvalue weighted by Gasteiger charge is 2.22. The summed E-state index contributed by atoms with van der Waals surface area (Å²) in [5.41, 5.74) is 3.02. The highest BCUT2D eigenvalue weighted by atomic mass is 35.5. The van der Waals surface area contributed by atoms with Gasteiger partial charge in [-0.3, -0.25) is 4.99 Å². The van der Waals surface area contributed by atoms with Gasteiger partial charge in [-0.2, -0.15) is 0 Å². The number of rotatable bonds is 1. The molecule has 1 N–H and O–H groups in total. The van der Waals surface area contributed by atoms with E-state index in [0.29, 0.717) is 0 Å². The first kappa shape index (κ1) is 10.4. The van der Waals surface area contributed by atoms with Crippen molar-refractivity contribution in [3.8, 4) is 5.69 Å². The van der Waals surface area contributed by atoms with E-state index in [4.69, 9.17) is 11.6 Å². The number of hydrogen-bond acceptors (Lipinski definition) is 2. The largest absolute Gasteiger partial charge is 0.332 e. The lowest BCUT2D eigenvalue weighted by atomic mass is 10.2. The third kappa shape index (κ3) is 1.63. The molecule has 0 saturated heterocycles. The summed E-state index contributed by atoms with van der Waals surface area (Å²) in [7, 11) is 0. The number of nitrogens with one attached hydrogen (secondary N) is 1. The van der Waals surface area contributed by atoms with Crippen LogP contribution >= 0.6 is 11.6 Å². The van der Waals surface area contributed by atoms with Crippen LogP contribution < -0.4 is 5.32 Å². The van der Waals surface area contributed by atoms with Crippen LogP contribution in [0.5, 0.6) is 0 Å². The Kier molecular flexibility index (Phi) is 2.41. The fraction of sp³-hybridized carbons (Fsp3) is 0.154. The number of aryl methyl sites for hydroxylation is 1. The molecule has 3 nitrogen and oxygen atoms in total. The van der Waals surface area contributed by atoms with E-state index in [-0.39, 0.29) is 5.50 Å². The number of anilines is 1. The Labute approximate surface area is 105 Å². The maximum absolute atomic E-state index is 6.20. The summed E-state index contributed by atoms with van der Waals surface area (Å²) in [6.07, 6.45) is 3.73. The van der Waals surface area contributed by atoms with Gasteiger partial charge in [0.05, 0.1) is 6.34 Å². The van der Waals surface area contributed by atoms with Crippen LogP contribution in [-0.2, 0) is 0 Å². The Morgan fingerprint density at radius 2 is 2.06 bits per heavy atom. The van der Waals surface area contributed by atoms with Gasteiger partial charge in [0, 0.05) is 17.4 Å². The Balaban J connectivity index is 2.18. The third-order valence-electron chi connectivity index (χ3n) is 2.92. The Hall–Kier alpha value is -1.74. The summed E-state index contributed by atoms with van der Waals surface area (Å²) in [5.74, 6) is 1.00. The van der Waals surface area contributed by atoms with Gasteiger partial charge >= 0.3 is 0 Å². The normalized spacial score (nSPS) is 17.6. The van der Waals surface area contributed by atoms with E-state index in [0.717, 1.165) is 22.6 Å². The molecule has 17 heavy (non-hydrogen) atoms. The molecule has 2 aromatic rings. The van der Waals surface area contributed by atoms with Crippen molar-refractivity contribution in [1.29, 1.82) is 0 Å². The van der Waals surface area contributed by atoms with Gasteiger partial charge in [0.1, 0.15) is 5.82 Å². The molecule has 3 rings (SSSR count). The van der Waals surface area contributed by atoms with E-state index in [1.54, 1.807) is 6.34 Å². The zero-order chi connectivity index (χ0) is 11.8. The molecule has 1 aliphatic rings. The minimum atomic E-state index is -0.295. The molecule has 0 spiro atoms. The maximum atomic E-state index is 6.20. The molecule has 0 radical (unpaired) electrons. The first-order valence-electron chi connectivity index (χ1n) is 5.47. The Morgan fingerprint density at radius 3 is 2.82 bits per heavy atom. The first-order chi connectivity index (χ1) is 8.27. The van der Waals surface area contributed by atoms with Crippen LogP contribution in [0.3, 0.4) is 0 Å². The topological polar surface area (TPSA) is 29.3 Å². The number of para-hydroxylation sites is 1.